The van der Waals surface area contributed by atoms with E-state index < -0.39 is 24.1 Å². The summed E-state index contributed by atoms with van der Waals surface area (Å²) >= 11 is 0. The molecule has 0 saturated carbocycles. The van der Waals surface area contributed by atoms with E-state index in [0.29, 0.717) is 5.56 Å². The lowest BCUT2D eigenvalue weighted by molar-refractivity contribution is -0.122. The minimum Gasteiger partial charge on any atom is -0.453 e. The van der Waals surface area contributed by atoms with Crippen LogP contribution in [0.2, 0.25) is 0 Å². The molecule has 0 heterocycles. The number of hydrogen-bond acceptors (Lipinski definition) is 4. The van der Waals surface area contributed by atoms with Crippen LogP contribution in [0, 0.1) is 5.82 Å². The van der Waals surface area contributed by atoms with Crippen molar-refractivity contribution in [2.24, 2.45) is 0 Å². The molecule has 0 aliphatic carbocycles. The first-order chi connectivity index (χ1) is 12.4. The second kappa shape index (κ2) is 9.10. The molecule has 0 aliphatic rings. The fourth-order valence-corrected chi connectivity index (χ4v) is 2.60. The molecule has 138 valence electrons. The predicted molar refractivity (Wildman–Crippen MR) is 97.2 cm³/mol. The third kappa shape index (κ3) is 5.13. The van der Waals surface area contributed by atoms with Crippen LogP contribution in [0.15, 0.2) is 48.5 Å². The molecule has 0 radical (unpaired) electrons. The summed E-state index contributed by atoms with van der Waals surface area (Å²) in [5.41, 5.74) is 2.76. The van der Waals surface area contributed by atoms with Gasteiger partial charge in [-0.15, -0.1) is 0 Å². The third-order valence-corrected chi connectivity index (χ3v) is 4.12. The highest BCUT2D eigenvalue weighted by Crippen LogP contribution is 2.24. The maximum absolute atomic E-state index is 13.7. The maximum Gasteiger partial charge on any atom is 0.413 e. The minimum absolute atomic E-state index is 0.355. The number of methoxy groups -OCH3 is 1. The lowest BCUT2D eigenvalue weighted by Gasteiger charge is -2.24. The lowest BCUT2D eigenvalue weighted by Crippen LogP contribution is -2.46. The van der Waals surface area contributed by atoms with Crippen molar-refractivity contribution in [3.05, 3.63) is 71.0 Å². The number of rotatable bonds is 6. The standard InChI is InChI=1S/C20H23FN2O3/c1-4-14-8-10-15(11-9-14)18(16-6-5-7-17(21)12-16)22-13(2)19(24)23-20(25)26-3/h5-13,18,22H,4H2,1-3H3,(H,23,24,25)/t13-,18+/m1/s1. The van der Waals surface area contributed by atoms with Gasteiger partial charge in [0, 0.05) is 0 Å². The second-order valence-electron chi connectivity index (χ2n) is 5.95. The van der Waals surface area contributed by atoms with Crippen molar-refractivity contribution in [3.8, 4) is 0 Å². The Morgan fingerprint density at radius 1 is 1.12 bits per heavy atom. The first-order valence-electron chi connectivity index (χ1n) is 8.43. The molecule has 2 aromatic rings. The second-order valence-corrected chi connectivity index (χ2v) is 5.95. The molecule has 0 aliphatic heterocycles. The van der Waals surface area contributed by atoms with Gasteiger partial charge in [-0.05, 0) is 42.2 Å². The number of benzene rings is 2. The number of imide groups is 1. The quantitative estimate of drug-likeness (QED) is 0.831. The number of carbonyl (C=O) groups excluding carboxylic acids is 2. The fraction of sp³-hybridized carbons (Fsp3) is 0.300. The Labute approximate surface area is 152 Å². The minimum atomic E-state index is -0.821. The fourth-order valence-electron chi connectivity index (χ4n) is 2.60. The van der Waals surface area contributed by atoms with Crippen LogP contribution in [0.25, 0.3) is 0 Å². The Hall–Kier alpha value is -2.73. The van der Waals surface area contributed by atoms with Crippen LogP contribution in [0.1, 0.15) is 36.6 Å². The topological polar surface area (TPSA) is 67.4 Å². The predicted octanol–water partition coefficient (Wildman–Crippen LogP) is 3.34. The van der Waals surface area contributed by atoms with Crippen LogP contribution in [-0.2, 0) is 16.0 Å². The number of amides is 2. The van der Waals surface area contributed by atoms with E-state index >= 15 is 0 Å². The van der Waals surface area contributed by atoms with E-state index in [2.05, 4.69) is 22.3 Å². The van der Waals surface area contributed by atoms with Gasteiger partial charge >= 0.3 is 6.09 Å². The van der Waals surface area contributed by atoms with Gasteiger partial charge in [0.25, 0.3) is 0 Å². The van der Waals surface area contributed by atoms with Gasteiger partial charge in [0.15, 0.2) is 0 Å². The summed E-state index contributed by atoms with van der Waals surface area (Å²) in [6.45, 7) is 3.70. The molecule has 0 unspecified atom stereocenters. The summed E-state index contributed by atoms with van der Waals surface area (Å²) in [5.74, 6) is -0.880. The molecule has 2 rings (SSSR count). The molecule has 2 amide bonds. The van der Waals surface area contributed by atoms with Crippen LogP contribution in [0.5, 0.6) is 0 Å². The molecule has 6 heteroatoms. The van der Waals surface area contributed by atoms with E-state index in [0.717, 1.165) is 12.0 Å². The van der Waals surface area contributed by atoms with Crippen molar-refractivity contribution in [1.29, 1.82) is 0 Å². The SMILES string of the molecule is CCc1ccc([C@H](N[C@H](C)C(=O)NC(=O)OC)c2cccc(F)c2)cc1. The summed E-state index contributed by atoms with van der Waals surface area (Å²) in [4.78, 5) is 23.4. The van der Waals surface area contributed by atoms with E-state index in [1.807, 2.05) is 24.3 Å². The molecule has 2 aromatic carbocycles. The van der Waals surface area contributed by atoms with Gasteiger partial charge in [0.1, 0.15) is 5.82 Å². The van der Waals surface area contributed by atoms with Crippen molar-refractivity contribution in [2.75, 3.05) is 7.11 Å². The summed E-state index contributed by atoms with van der Waals surface area (Å²) in [7, 11) is 1.19. The van der Waals surface area contributed by atoms with E-state index in [1.54, 1.807) is 19.1 Å². The Morgan fingerprint density at radius 3 is 2.38 bits per heavy atom. The van der Waals surface area contributed by atoms with Gasteiger partial charge in [0.2, 0.25) is 5.91 Å². The lowest BCUT2D eigenvalue weighted by atomic mass is 9.96. The van der Waals surface area contributed by atoms with Crippen molar-refractivity contribution < 1.29 is 18.7 Å². The van der Waals surface area contributed by atoms with Crippen LogP contribution < -0.4 is 10.6 Å². The molecule has 26 heavy (non-hydrogen) atoms. The van der Waals surface area contributed by atoms with Crippen molar-refractivity contribution in [2.45, 2.75) is 32.4 Å². The maximum atomic E-state index is 13.7. The van der Waals surface area contributed by atoms with E-state index in [9.17, 15) is 14.0 Å². The number of hydrogen-bond donors (Lipinski definition) is 2. The van der Waals surface area contributed by atoms with Gasteiger partial charge in [-0.3, -0.25) is 15.4 Å². The van der Waals surface area contributed by atoms with Crippen LogP contribution >= 0.6 is 0 Å². The molecule has 0 aromatic heterocycles. The highest BCUT2D eigenvalue weighted by Gasteiger charge is 2.22. The van der Waals surface area contributed by atoms with E-state index in [1.165, 1.54) is 24.8 Å². The number of carbonyl (C=O) groups is 2. The Bertz CT molecular complexity index is 762. The van der Waals surface area contributed by atoms with E-state index in [4.69, 9.17) is 0 Å². The first-order valence-corrected chi connectivity index (χ1v) is 8.43. The largest absolute Gasteiger partial charge is 0.453 e. The van der Waals surface area contributed by atoms with Crippen molar-refractivity contribution >= 4 is 12.0 Å². The summed E-state index contributed by atoms with van der Waals surface area (Å²) in [5, 5.41) is 5.29. The average Bonchev–Trinajstić information content (AvgIpc) is 2.65. The molecule has 2 N–H and O–H groups in total. The van der Waals surface area contributed by atoms with Gasteiger partial charge in [-0.2, -0.15) is 0 Å². The monoisotopic (exact) mass is 358 g/mol. The number of alkyl carbamates (subject to hydrolysis) is 1. The summed E-state index contributed by atoms with van der Waals surface area (Å²) in [6, 6.07) is 13.0. The number of aryl methyl sites for hydroxylation is 1. The molecule has 0 saturated heterocycles. The molecule has 0 fully saturated rings. The Balaban J connectivity index is 2.28. The van der Waals surface area contributed by atoms with Crippen molar-refractivity contribution in [3.63, 3.8) is 0 Å². The van der Waals surface area contributed by atoms with Gasteiger partial charge in [-0.25, -0.2) is 9.18 Å². The van der Waals surface area contributed by atoms with Crippen LogP contribution in [-0.4, -0.2) is 25.2 Å². The highest BCUT2D eigenvalue weighted by molar-refractivity contribution is 5.94. The average molecular weight is 358 g/mol. The van der Waals surface area contributed by atoms with Crippen molar-refractivity contribution in [1.82, 2.24) is 10.6 Å². The molecule has 2 atom stereocenters. The molecular weight excluding hydrogens is 335 g/mol. The summed E-state index contributed by atoms with van der Waals surface area (Å²) in [6.07, 6.45) is 0.0919. The number of nitrogens with one attached hydrogen (secondary N) is 2. The van der Waals surface area contributed by atoms with Crippen LogP contribution in [0.4, 0.5) is 9.18 Å². The Morgan fingerprint density at radius 2 is 1.81 bits per heavy atom. The van der Waals surface area contributed by atoms with Gasteiger partial charge in [0.05, 0.1) is 19.2 Å². The number of halogens is 1. The zero-order chi connectivity index (χ0) is 19.1. The zero-order valence-corrected chi connectivity index (χ0v) is 15.1. The number of ether oxygens (including phenoxy) is 1. The zero-order valence-electron chi connectivity index (χ0n) is 15.1. The smallest absolute Gasteiger partial charge is 0.413 e. The van der Waals surface area contributed by atoms with Gasteiger partial charge in [-0.1, -0.05) is 43.3 Å². The Kier molecular flexibility index (Phi) is 6.86. The molecule has 0 spiro atoms. The van der Waals surface area contributed by atoms with Crippen LogP contribution in [0.3, 0.4) is 0 Å². The molecular formula is C20H23FN2O3. The first kappa shape index (κ1) is 19.6. The van der Waals surface area contributed by atoms with E-state index in [-0.39, 0.29) is 5.82 Å². The normalized spacial score (nSPS) is 12.9. The third-order valence-electron chi connectivity index (χ3n) is 4.12. The van der Waals surface area contributed by atoms with Gasteiger partial charge < -0.3 is 4.74 Å². The highest BCUT2D eigenvalue weighted by atomic mass is 19.1. The molecule has 0 bridgehead atoms. The molecule has 5 nitrogen and oxygen atoms in total. The summed E-state index contributed by atoms with van der Waals surface area (Å²) < 4.78 is 18.1.